The number of benzene rings is 2. The van der Waals surface area contributed by atoms with Gasteiger partial charge in [0.1, 0.15) is 28.6 Å². The van der Waals surface area contributed by atoms with Gasteiger partial charge in [-0.05, 0) is 51.5 Å². The van der Waals surface area contributed by atoms with Crippen molar-refractivity contribution in [3.8, 4) is 16.9 Å². The van der Waals surface area contributed by atoms with Crippen molar-refractivity contribution in [2.75, 3.05) is 49.1 Å². The van der Waals surface area contributed by atoms with Crippen LogP contribution in [-0.2, 0) is 4.79 Å². The predicted molar refractivity (Wildman–Crippen MR) is 161 cm³/mol. The Hall–Kier alpha value is -3.57. The third kappa shape index (κ3) is 5.16. The molecule has 0 saturated carbocycles. The highest BCUT2D eigenvalue weighted by molar-refractivity contribution is 6.34. The van der Waals surface area contributed by atoms with Crippen LogP contribution in [0.2, 0.25) is 5.02 Å². The Morgan fingerprint density at radius 1 is 1.14 bits per heavy atom. The molecule has 3 aliphatic rings. The van der Waals surface area contributed by atoms with Crippen molar-refractivity contribution in [3.63, 3.8) is 0 Å². The molecule has 43 heavy (non-hydrogen) atoms. The fourth-order valence-corrected chi connectivity index (χ4v) is 6.77. The number of fused-ring (bicyclic) bond motifs is 1. The number of hydrogen-bond donors (Lipinski definition) is 1. The van der Waals surface area contributed by atoms with E-state index in [2.05, 4.69) is 16.5 Å². The van der Waals surface area contributed by atoms with Gasteiger partial charge in [0.25, 0.3) is 0 Å². The van der Waals surface area contributed by atoms with Gasteiger partial charge in [0.2, 0.25) is 11.9 Å². The van der Waals surface area contributed by atoms with Crippen LogP contribution < -0.4 is 9.80 Å². The molecule has 3 saturated heterocycles. The molecule has 1 unspecified atom stereocenters. The first-order valence-corrected chi connectivity index (χ1v) is 14.8. The number of amides is 1. The molecule has 0 aliphatic carbocycles. The smallest absolute Gasteiger partial charge is 0.246 e. The highest BCUT2D eigenvalue weighted by Crippen LogP contribution is 2.43. The molecule has 0 bridgehead atoms. The van der Waals surface area contributed by atoms with E-state index in [0.717, 1.165) is 6.07 Å². The van der Waals surface area contributed by atoms with E-state index in [0.29, 0.717) is 56.9 Å². The summed E-state index contributed by atoms with van der Waals surface area (Å²) in [7, 11) is 0. The number of likely N-dealkylation sites (tertiary alicyclic amines) is 1. The maximum absolute atomic E-state index is 16.5. The molecule has 3 atom stereocenters. The SMILES string of the molecule is C=CC(=O)N1C[C@H](C)N(c2nc(N3CC(N4CCC(C)(F)C4)C3)nc3c(F)c(-c4c(O)cccc4F)c(Cl)cc23)C[C@H]1C. The molecular formula is C31H34ClF3N6O2. The Morgan fingerprint density at radius 2 is 1.88 bits per heavy atom. The normalized spacial score (nSPS) is 25.0. The van der Waals surface area contributed by atoms with Crippen LogP contribution in [0.15, 0.2) is 36.9 Å². The molecule has 12 heteroatoms. The third-order valence-electron chi connectivity index (χ3n) is 8.92. The molecule has 1 amide bonds. The molecular weight excluding hydrogens is 581 g/mol. The van der Waals surface area contributed by atoms with Gasteiger partial charge in [-0.15, -0.1) is 0 Å². The first kappa shape index (κ1) is 29.5. The lowest BCUT2D eigenvalue weighted by Gasteiger charge is -2.46. The monoisotopic (exact) mass is 614 g/mol. The van der Waals surface area contributed by atoms with Gasteiger partial charge in [-0.2, -0.15) is 4.98 Å². The lowest BCUT2D eigenvalue weighted by atomic mass is 10.00. The maximum Gasteiger partial charge on any atom is 0.246 e. The predicted octanol–water partition coefficient (Wildman–Crippen LogP) is 5.17. The fourth-order valence-electron chi connectivity index (χ4n) is 6.48. The number of aromatic hydroxyl groups is 1. The Bertz CT molecular complexity index is 1590. The summed E-state index contributed by atoms with van der Waals surface area (Å²) in [5, 5.41) is 10.7. The van der Waals surface area contributed by atoms with E-state index in [1.165, 1.54) is 24.3 Å². The van der Waals surface area contributed by atoms with Crippen LogP contribution in [0.4, 0.5) is 24.9 Å². The molecule has 4 heterocycles. The first-order valence-electron chi connectivity index (χ1n) is 14.4. The molecule has 2 aromatic carbocycles. The number of aromatic nitrogens is 2. The number of anilines is 2. The number of carbonyl (C=O) groups is 1. The molecule has 3 fully saturated rings. The minimum Gasteiger partial charge on any atom is -0.507 e. The van der Waals surface area contributed by atoms with E-state index >= 15 is 4.39 Å². The molecule has 0 radical (unpaired) electrons. The van der Waals surface area contributed by atoms with Gasteiger partial charge < -0.3 is 19.8 Å². The zero-order valence-corrected chi connectivity index (χ0v) is 25.1. The summed E-state index contributed by atoms with van der Waals surface area (Å²) in [5.41, 5.74) is -1.91. The van der Waals surface area contributed by atoms with Crippen LogP contribution in [0.1, 0.15) is 27.2 Å². The Labute approximate surface area is 253 Å². The Balaban J connectivity index is 1.45. The van der Waals surface area contributed by atoms with E-state index in [1.807, 2.05) is 23.6 Å². The van der Waals surface area contributed by atoms with Gasteiger partial charge in [0.15, 0.2) is 5.82 Å². The highest BCUT2D eigenvalue weighted by atomic mass is 35.5. The minimum atomic E-state index is -1.22. The van der Waals surface area contributed by atoms with Gasteiger partial charge >= 0.3 is 0 Å². The molecule has 6 rings (SSSR count). The number of phenolic OH excluding ortho intramolecular Hbond substituents is 1. The number of piperazine rings is 1. The van der Waals surface area contributed by atoms with Gasteiger partial charge in [-0.25, -0.2) is 18.2 Å². The van der Waals surface area contributed by atoms with E-state index in [-0.39, 0.29) is 51.6 Å². The lowest BCUT2D eigenvalue weighted by molar-refractivity contribution is -0.128. The molecule has 1 aromatic heterocycles. The van der Waals surface area contributed by atoms with Crippen LogP contribution in [0.5, 0.6) is 5.75 Å². The first-order chi connectivity index (χ1) is 20.4. The minimum absolute atomic E-state index is 0.0625. The highest BCUT2D eigenvalue weighted by Gasteiger charge is 2.42. The van der Waals surface area contributed by atoms with Crippen LogP contribution >= 0.6 is 11.6 Å². The maximum atomic E-state index is 16.5. The molecule has 3 aromatic rings. The second-order valence-electron chi connectivity index (χ2n) is 12.2. The average Bonchev–Trinajstić information content (AvgIpc) is 3.28. The lowest BCUT2D eigenvalue weighted by Crippen LogP contribution is -2.60. The largest absolute Gasteiger partial charge is 0.507 e. The summed E-state index contributed by atoms with van der Waals surface area (Å²) in [6, 6.07) is 4.95. The number of rotatable bonds is 5. The molecule has 0 spiro atoms. The average molecular weight is 615 g/mol. The number of alkyl halides is 1. The van der Waals surface area contributed by atoms with Crippen molar-refractivity contribution in [1.29, 1.82) is 0 Å². The van der Waals surface area contributed by atoms with E-state index < -0.39 is 23.1 Å². The second-order valence-corrected chi connectivity index (χ2v) is 12.6. The van der Waals surface area contributed by atoms with Crippen molar-refractivity contribution in [3.05, 3.63) is 53.6 Å². The summed E-state index contributed by atoms with van der Waals surface area (Å²) >= 11 is 6.60. The number of phenols is 1. The number of nitrogens with zero attached hydrogens (tertiary/aromatic N) is 6. The standard InChI is InChI=1S/C31H34ClF3N6O2/c1-5-24(43)40-12-18(3)41(13-17(40)2)29-20-11-21(32)25(26-22(33)7-6-8-23(26)42)27(34)28(20)36-30(37-29)39-14-19(15-39)38-10-9-31(4,35)16-38/h5-8,11,17-19,42H,1,9-10,12-16H2,2-4H3/t17-,18+,31?/m1/s1. The van der Waals surface area contributed by atoms with E-state index in [9.17, 15) is 18.7 Å². The Kier molecular flexibility index (Phi) is 7.45. The van der Waals surface area contributed by atoms with Crippen LogP contribution in [-0.4, -0.2) is 93.8 Å². The molecule has 8 nitrogen and oxygen atoms in total. The Morgan fingerprint density at radius 3 is 2.53 bits per heavy atom. The zero-order chi connectivity index (χ0) is 30.8. The van der Waals surface area contributed by atoms with Gasteiger partial charge in [0.05, 0.1) is 10.6 Å². The van der Waals surface area contributed by atoms with Crippen molar-refractivity contribution in [2.45, 2.75) is 51.0 Å². The summed E-state index contributed by atoms with van der Waals surface area (Å²) in [5.74, 6) is -1.59. The van der Waals surface area contributed by atoms with Crippen molar-refractivity contribution in [1.82, 2.24) is 19.8 Å². The van der Waals surface area contributed by atoms with Crippen molar-refractivity contribution in [2.24, 2.45) is 0 Å². The molecule has 3 aliphatic heterocycles. The quantitative estimate of drug-likeness (QED) is 0.398. The van der Waals surface area contributed by atoms with Gasteiger partial charge in [-0.1, -0.05) is 24.2 Å². The van der Waals surface area contributed by atoms with Gasteiger partial charge in [-0.3, -0.25) is 9.69 Å². The molecule has 228 valence electrons. The van der Waals surface area contributed by atoms with E-state index in [1.54, 1.807) is 11.8 Å². The van der Waals surface area contributed by atoms with Crippen LogP contribution in [0.25, 0.3) is 22.0 Å². The summed E-state index contributed by atoms with van der Waals surface area (Å²) < 4.78 is 45.9. The van der Waals surface area contributed by atoms with Crippen molar-refractivity contribution < 1.29 is 23.1 Å². The fraction of sp³-hybridized carbons (Fsp3) is 0.452. The number of halogens is 4. The zero-order valence-electron chi connectivity index (χ0n) is 24.3. The number of carbonyl (C=O) groups excluding carboxylic acids is 1. The van der Waals surface area contributed by atoms with Crippen LogP contribution in [0.3, 0.4) is 0 Å². The number of hydrogen-bond acceptors (Lipinski definition) is 7. The summed E-state index contributed by atoms with van der Waals surface area (Å²) in [6.45, 7) is 12.0. The summed E-state index contributed by atoms with van der Waals surface area (Å²) in [4.78, 5) is 29.8. The molecule has 1 N–H and O–H groups in total. The third-order valence-corrected chi connectivity index (χ3v) is 9.22. The van der Waals surface area contributed by atoms with Crippen LogP contribution in [0, 0.1) is 11.6 Å². The van der Waals surface area contributed by atoms with Gasteiger partial charge in [0, 0.05) is 68.3 Å². The van der Waals surface area contributed by atoms with E-state index in [4.69, 9.17) is 16.6 Å². The van der Waals surface area contributed by atoms with Crippen molar-refractivity contribution >= 4 is 40.2 Å². The second kappa shape index (κ2) is 10.9. The topological polar surface area (TPSA) is 76.0 Å². The summed E-state index contributed by atoms with van der Waals surface area (Å²) in [6.07, 6.45) is 1.77.